The van der Waals surface area contributed by atoms with E-state index < -0.39 is 0 Å². The Morgan fingerprint density at radius 3 is 2.66 bits per heavy atom. The first-order valence-electron chi connectivity index (χ1n) is 11.7. The number of piperidine rings is 1. The van der Waals surface area contributed by atoms with Gasteiger partial charge < -0.3 is 15.0 Å². The van der Waals surface area contributed by atoms with E-state index in [1.807, 2.05) is 35.9 Å². The van der Waals surface area contributed by atoms with Crippen molar-refractivity contribution < 1.29 is 9.53 Å². The molecule has 1 N–H and O–H groups in total. The molecule has 1 aliphatic carbocycles. The van der Waals surface area contributed by atoms with Gasteiger partial charge in [0, 0.05) is 19.1 Å². The van der Waals surface area contributed by atoms with E-state index in [9.17, 15) is 4.79 Å². The molecule has 3 aromatic rings. The molecule has 2 aromatic heterocycles. The molecule has 1 amide bonds. The van der Waals surface area contributed by atoms with Crippen LogP contribution in [0.15, 0.2) is 24.3 Å². The van der Waals surface area contributed by atoms with Crippen molar-refractivity contribution in [3.05, 3.63) is 30.0 Å². The number of nitrogens with one attached hydrogen (secondary N) is 1. The SMILES string of the molecule is COc1ccc(-n2nc(C)c3sc(N4CCCC(C(=O)NC5CCCCC5)C4)nc32)cc1. The largest absolute Gasteiger partial charge is 0.497 e. The minimum Gasteiger partial charge on any atom is -0.497 e. The lowest BCUT2D eigenvalue weighted by Gasteiger charge is -2.33. The van der Waals surface area contributed by atoms with Gasteiger partial charge in [-0.15, -0.1) is 0 Å². The fraction of sp³-hybridized carbons (Fsp3) is 0.542. The van der Waals surface area contributed by atoms with E-state index >= 15 is 0 Å². The van der Waals surface area contributed by atoms with Gasteiger partial charge in [0.2, 0.25) is 5.91 Å². The summed E-state index contributed by atoms with van der Waals surface area (Å²) in [6.07, 6.45) is 7.99. The molecule has 0 radical (unpaired) electrons. The quantitative estimate of drug-likeness (QED) is 0.617. The van der Waals surface area contributed by atoms with Crippen molar-refractivity contribution in [2.45, 2.75) is 57.9 Å². The number of benzene rings is 1. The average molecular weight is 454 g/mol. The summed E-state index contributed by atoms with van der Waals surface area (Å²) in [5.74, 6) is 1.08. The molecule has 2 aliphatic rings. The summed E-state index contributed by atoms with van der Waals surface area (Å²) < 4.78 is 8.28. The fourth-order valence-electron chi connectivity index (χ4n) is 4.89. The van der Waals surface area contributed by atoms with Gasteiger partial charge in [-0.1, -0.05) is 30.6 Å². The number of hydrogen-bond acceptors (Lipinski definition) is 6. The van der Waals surface area contributed by atoms with Gasteiger partial charge in [0.05, 0.1) is 29.1 Å². The van der Waals surface area contributed by atoms with Crippen molar-refractivity contribution in [3.63, 3.8) is 0 Å². The van der Waals surface area contributed by atoms with E-state index in [2.05, 4.69) is 10.2 Å². The molecule has 1 aromatic carbocycles. The van der Waals surface area contributed by atoms with Gasteiger partial charge in [-0.3, -0.25) is 4.79 Å². The summed E-state index contributed by atoms with van der Waals surface area (Å²) in [5, 5.41) is 9.02. The second kappa shape index (κ2) is 9.10. The summed E-state index contributed by atoms with van der Waals surface area (Å²) in [7, 11) is 1.67. The van der Waals surface area contributed by atoms with Crippen molar-refractivity contribution >= 4 is 32.7 Å². The molecular weight excluding hydrogens is 422 g/mol. The first kappa shape index (κ1) is 21.2. The van der Waals surface area contributed by atoms with Crippen LogP contribution in [0.4, 0.5) is 5.13 Å². The molecule has 1 unspecified atom stereocenters. The topological polar surface area (TPSA) is 72.3 Å². The number of carbonyl (C=O) groups is 1. The number of ether oxygens (including phenoxy) is 1. The van der Waals surface area contributed by atoms with E-state index in [-0.39, 0.29) is 11.8 Å². The lowest BCUT2D eigenvalue weighted by Crippen LogP contribution is -2.46. The normalized spacial score (nSPS) is 19.9. The van der Waals surface area contributed by atoms with Crippen LogP contribution in [0.3, 0.4) is 0 Å². The Balaban J connectivity index is 1.34. The van der Waals surface area contributed by atoms with E-state index in [0.717, 1.165) is 71.4 Å². The highest BCUT2D eigenvalue weighted by molar-refractivity contribution is 7.22. The lowest BCUT2D eigenvalue weighted by molar-refractivity contribution is -0.126. The zero-order chi connectivity index (χ0) is 22.1. The van der Waals surface area contributed by atoms with Crippen LogP contribution < -0.4 is 15.0 Å². The molecule has 1 atom stereocenters. The van der Waals surface area contributed by atoms with E-state index in [1.54, 1.807) is 18.4 Å². The highest BCUT2D eigenvalue weighted by Crippen LogP contribution is 2.34. The Kier molecular flexibility index (Phi) is 6.04. The van der Waals surface area contributed by atoms with Crippen LogP contribution in [-0.2, 0) is 4.79 Å². The minimum absolute atomic E-state index is 0.0388. The highest BCUT2D eigenvalue weighted by atomic mass is 32.1. The van der Waals surface area contributed by atoms with Crippen LogP contribution in [0.5, 0.6) is 5.75 Å². The van der Waals surface area contributed by atoms with Crippen molar-refractivity contribution in [2.75, 3.05) is 25.1 Å². The summed E-state index contributed by atoms with van der Waals surface area (Å²) in [6, 6.07) is 8.23. The summed E-state index contributed by atoms with van der Waals surface area (Å²) in [6.45, 7) is 3.71. The number of nitrogens with zero attached hydrogens (tertiary/aromatic N) is 4. The van der Waals surface area contributed by atoms with Crippen LogP contribution in [-0.4, -0.2) is 46.9 Å². The number of methoxy groups -OCH3 is 1. The highest BCUT2D eigenvalue weighted by Gasteiger charge is 2.29. The molecule has 8 heteroatoms. The maximum Gasteiger partial charge on any atom is 0.225 e. The number of amides is 1. The number of aryl methyl sites for hydroxylation is 1. The van der Waals surface area contributed by atoms with Crippen molar-refractivity contribution in [2.24, 2.45) is 5.92 Å². The number of thiazole rings is 1. The van der Waals surface area contributed by atoms with Gasteiger partial charge in [0.1, 0.15) is 5.75 Å². The number of fused-ring (bicyclic) bond motifs is 1. The first-order valence-corrected chi connectivity index (χ1v) is 12.5. The Bertz CT molecular complexity index is 1080. The molecule has 2 fully saturated rings. The predicted octanol–water partition coefficient (Wildman–Crippen LogP) is 4.46. The van der Waals surface area contributed by atoms with Gasteiger partial charge in [-0.2, -0.15) is 10.1 Å². The third kappa shape index (κ3) is 4.20. The number of aromatic nitrogens is 3. The lowest BCUT2D eigenvalue weighted by atomic mass is 9.93. The standard InChI is InChI=1S/C24H31N5O2S/c1-16-21-22(29(27-16)19-10-12-20(31-2)13-11-19)26-24(32-21)28-14-6-7-17(15-28)23(30)25-18-8-4-3-5-9-18/h10-13,17-18H,3-9,14-15H2,1-2H3,(H,25,30). The van der Waals surface area contributed by atoms with Crippen molar-refractivity contribution in [3.8, 4) is 11.4 Å². The summed E-state index contributed by atoms with van der Waals surface area (Å²) in [5.41, 5.74) is 2.81. The van der Waals surface area contributed by atoms with Crippen LogP contribution in [0.1, 0.15) is 50.6 Å². The van der Waals surface area contributed by atoms with Crippen LogP contribution >= 0.6 is 11.3 Å². The molecule has 32 heavy (non-hydrogen) atoms. The molecular formula is C24H31N5O2S. The smallest absolute Gasteiger partial charge is 0.225 e. The molecule has 0 bridgehead atoms. The van der Waals surface area contributed by atoms with Gasteiger partial charge in [0.15, 0.2) is 10.8 Å². The number of carbonyl (C=O) groups excluding carboxylic acids is 1. The van der Waals surface area contributed by atoms with E-state index in [0.29, 0.717) is 6.04 Å². The Hall–Kier alpha value is -2.61. The maximum absolute atomic E-state index is 12.9. The third-order valence-electron chi connectivity index (χ3n) is 6.71. The first-order chi connectivity index (χ1) is 15.6. The zero-order valence-corrected chi connectivity index (χ0v) is 19.7. The number of anilines is 1. The van der Waals surface area contributed by atoms with Gasteiger partial charge in [-0.05, 0) is 56.9 Å². The molecule has 1 aliphatic heterocycles. The fourth-order valence-corrected chi connectivity index (χ4v) is 5.91. The van der Waals surface area contributed by atoms with Crippen LogP contribution in [0.2, 0.25) is 0 Å². The molecule has 0 spiro atoms. The van der Waals surface area contributed by atoms with Gasteiger partial charge in [0.25, 0.3) is 0 Å². The molecule has 3 heterocycles. The Morgan fingerprint density at radius 1 is 1.12 bits per heavy atom. The van der Waals surface area contributed by atoms with Crippen molar-refractivity contribution in [1.82, 2.24) is 20.1 Å². The van der Waals surface area contributed by atoms with Gasteiger partial charge >= 0.3 is 0 Å². The molecule has 5 rings (SSSR count). The number of rotatable bonds is 5. The van der Waals surface area contributed by atoms with Gasteiger partial charge in [-0.25, -0.2) is 4.68 Å². The summed E-state index contributed by atoms with van der Waals surface area (Å²) in [4.78, 5) is 20.2. The third-order valence-corrected chi connectivity index (χ3v) is 7.92. The molecule has 7 nitrogen and oxygen atoms in total. The molecule has 170 valence electrons. The monoisotopic (exact) mass is 453 g/mol. The van der Waals surface area contributed by atoms with Crippen LogP contribution in [0.25, 0.3) is 16.0 Å². The number of hydrogen-bond donors (Lipinski definition) is 1. The predicted molar refractivity (Wildman–Crippen MR) is 128 cm³/mol. The minimum atomic E-state index is 0.0388. The summed E-state index contributed by atoms with van der Waals surface area (Å²) >= 11 is 1.68. The van der Waals surface area contributed by atoms with E-state index in [1.165, 1.54) is 19.3 Å². The average Bonchev–Trinajstić information content (AvgIpc) is 3.40. The second-order valence-electron chi connectivity index (χ2n) is 8.97. The maximum atomic E-state index is 12.9. The van der Waals surface area contributed by atoms with Crippen molar-refractivity contribution in [1.29, 1.82) is 0 Å². The zero-order valence-electron chi connectivity index (χ0n) is 18.8. The molecule has 1 saturated heterocycles. The Morgan fingerprint density at radius 2 is 1.91 bits per heavy atom. The van der Waals surface area contributed by atoms with Crippen LogP contribution in [0, 0.1) is 12.8 Å². The Labute approximate surface area is 192 Å². The van der Waals surface area contributed by atoms with E-state index in [4.69, 9.17) is 14.8 Å². The second-order valence-corrected chi connectivity index (χ2v) is 9.95. The molecule has 1 saturated carbocycles.